The molecule has 8 nitrogen and oxygen atoms in total. The first-order valence-electron chi connectivity index (χ1n) is 14.0. The van der Waals surface area contributed by atoms with Crippen molar-refractivity contribution < 1.29 is 19.8 Å². The molecule has 0 aromatic heterocycles. The molecule has 0 spiro atoms. The van der Waals surface area contributed by atoms with Gasteiger partial charge in [0.15, 0.2) is 0 Å². The van der Waals surface area contributed by atoms with Gasteiger partial charge in [0.05, 0.1) is 12.8 Å². The Morgan fingerprint density at radius 1 is 0.500 bits per heavy atom. The van der Waals surface area contributed by atoms with Crippen LogP contribution in [0.25, 0.3) is 0 Å². The highest BCUT2D eigenvalue weighted by Gasteiger charge is 2.07. The first-order valence-corrected chi connectivity index (χ1v) is 14.0. The van der Waals surface area contributed by atoms with Crippen LogP contribution < -0.4 is 21.3 Å². The number of hydrogen-bond donors (Lipinski definition) is 6. The maximum absolute atomic E-state index is 11.9. The fourth-order valence-corrected chi connectivity index (χ4v) is 4.13. The largest absolute Gasteiger partial charge is 0.508 e. The number of phenols is 2. The van der Waals surface area contributed by atoms with Gasteiger partial charge in [0.2, 0.25) is 11.8 Å². The number of unbranched alkanes of at least 4 members (excludes halogenated alkanes) is 5. The smallest absolute Gasteiger partial charge is 0.224 e. The molecule has 2 rings (SSSR count). The second-order valence-electron chi connectivity index (χ2n) is 9.64. The standard InChI is InChI=1S/C30H46N4O4/c35-27-15-7-5-13-25(27)23-29(37)33-21-11-19-31-17-9-3-1-2-4-10-18-32-20-12-22-34-30(38)24-26-14-6-8-16-28(26)36/h5-8,13-16,31-32,35-36H,1-4,9-12,17-24H2,(H,33,37)(H,34,38). The van der Waals surface area contributed by atoms with Crippen molar-refractivity contribution in [2.24, 2.45) is 0 Å². The molecule has 8 heteroatoms. The summed E-state index contributed by atoms with van der Waals surface area (Å²) in [5.74, 6) is 0.206. The van der Waals surface area contributed by atoms with Crippen molar-refractivity contribution in [1.29, 1.82) is 0 Å². The number of nitrogens with one attached hydrogen (secondary N) is 4. The molecule has 0 atom stereocenters. The molecule has 0 aliphatic rings. The van der Waals surface area contributed by atoms with E-state index in [2.05, 4.69) is 21.3 Å². The first kappa shape index (κ1) is 31.1. The van der Waals surface area contributed by atoms with Crippen LogP contribution in [0.5, 0.6) is 11.5 Å². The molecule has 0 radical (unpaired) electrons. The minimum atomic E-state index is -0.0627. The number of carbonyl (C=O) groups is 2. The molecule has 0 bridgehead atoms. The van der Waals surface area contributed by atoms with E-state index in [0.29, 0.717) is 24.2 Å². The molecule has 210 valence electrons. The second-order valence-corrected chi connectivity index (χ2v) is 9.64. The monoisotopic (exact) mass is 526 g/mol. The zero-order chi connectivity index (χ0) is 27.3. The van der Waals surface area contributed by atoms with Crippen LogP contribution >= 0.6 is 0 Å². The molecular formula is C30H46N4O4. The molecule has 0 saturated carbocycles. The highest BCUT2D eigenvalue weighted by molar-refractivity contribution is 5.79. The van der Waals surface area contributed by atoms with Gasteiger partial charge in [-0.3, -0.25) is 9.59 Å². The van der Waals surface area contributed by atoms with Crippen LogP contribution in [0.3, 0.4) is 0 Å². The number of rotatable bonds is 21. The van der Waals surface area contributed by atoms with E-state index < -0.39 is 0 Å². The quantitative estimate of drug-likeness (QED) is 0.139. The van der Waals surface area contributed by atoms with Crippen molar-refractivity contribution >= 4 is 11.8 Å². The van der Waals surface area contributed by atoms with Gasteiger partial charge >= 0.3 is 0 Å². The van der Waals surface area contributed by atoms with Crippen LogP contribution in [0, 0.1) is 0 Å². The first-order chi connectivity index (χ1) is 18.6. The molecule has 0 saturated heterocycles. The van der Waals surface area contributed by atoms with Crippen LogP contribution in [-0.4, -0.2) is 61.3 Å². The van der Waals surface area contributed by atoms with Gasteiger partial charge < -0.3 is 31.5 Å². The van der Waals surface area contributed by atoms with Gasteiger partial charge in [-0.05, 0) is 64.0 Å². The SMILES string of the molecule is O=C(Cc1ccccc1O)NCCCNCCCCCCCCNCCCNC(=O)Cc1ccccc1O. The summed E-state index contributed by atoms with van der Waals surface area (Å²) >= 11 is 0. The average molecular weight is 527 g/mol. The highest BCUT2D eigenvalue weighted by atomic mass is 16.3. The Hall–Kier alpha value is -3.10. The fourth-order valence-electron chi connectivity index (χ4n) is 4.13. The van der Waals surface area contributed by atoms with Crippen molar-refractivity contribution in [3.05, 3.63) is 59.7 Å². The molecule has 0 heterocycles. The Labute approximate surface area is 227 Å². The summed E-state index contributed by atoms with van der Waals surface area (Å²) in [6.07, 6.45) is 9.53. The van der Waals surface area contributed by atoms with E-state index in [4.69, 9.17) is 0 Å². The lowest BCUT2D eigenvalue weighted by Gasteiger charge is -2.08. The van der Waals surface area contributed by atoms with E-state index in [9.17, 15) is 19.8 Å². The van der Waals surface area contributed by atoms with Gasteiger partial charge in [-0.15, -0.1) is 0 Å². The summed E-state index contributed by atoms with van der Waals surface area (Å²) in [6.45, 7) is 5.09. The molecular weight excluding hydrogens is 480 g/mol. The molecule has 0 aliphatic carbocycles. The van der Waals surface area contributed by atoms with Gasteiger partial charge in [0.25, 0.3) is 0 Å². The summed E-state index contributed by atoms with van der Waals surface area (Å²) < 4.78 is 0. The maximum atomic E-state index is 11.9. The predicted molar refractivity (Wildman–Crippen MR) is 152 cm³/mol. The van der Waals surface area contributed by atoms with E-state index in [1.807, 2.05) is 12.1 Å². The summed E-state index contributed by atoms with van der Waals surface area (Å²) in [5, 5.41) is 32.1. The van der Waals surface area contributed by atoms with E-state index in [0.717, 1.165) is 39.0 Å². The lowest BCUT2D eigenvalue weighted by molar-refractivity contribution is -0.121. The Morgan fingerprint density at radius 3 is 1.29 bits per heavy atom. The van der Waals surface area contributed by atoms with Gasteiger partial charge in [0.1, 0.15) is 11.5 Å². The maximum Gasteiger partial charge on any atom is 0.224 e. The molecule has 6 N–H and O–H groups in total. The van der Waals surface area contributed by atoms with Crippen LogP contribution in [0.15, 0.2) is 48.5 Å². The van der Waals surface area contributed by atoms with Crippen LogP contribution in [-0.2, 0) is 22.4 Å². The van der Waals surface area contributed by atoms with Crippen LogP contribution in [0.4, 0.5) is 0 Å². The Bertz CT molecular complexity index is 862. The molecule has 0 unspecified atom stereocenters. The normalized spacial score (nSPS) is 10.8. The van der Waals surface area contributed by atoms with Gasteiger partial charge in [-0.1, -0.05) is 62.1 Å². The van der Waals surface area contributed by atoms with Crippen LogP contribution in [0.2, 0.25) is 0 Å². The average Bonchev–Trinajstić information content (AvgIpc) is 2.90. The van der Waals surface area contributed by atoms with E-state index in [-0.39, 0.29) is 36.2 Å². The number of carbonyl (C=O) groups excluding carboxylic acids is 2. The fraction of sp³-hybridized carbons (Fsp3) is 0.533. The lowest BCUT2D eigenvalue weighted by atomic mass is 10.1. The Kier molecular flexibility index (Phi) is 16.3. The zero-order valence-corrected chi connectivity index (χ0v) is 22.6. The predicted octanol–water partition coefficient (Wildman–Crippen LogP) is 3.42. The molecule has 2 aromatic carbocycles. The summed E-state index contributed by atoms with van der Waals surface area (Å²) in [5.41, 5.74) is 1.31. The minimum Gasteiger partial charge on any atom is -0.508 e. The number of hydrogen-bond acceptors (Lipinski definition) is 6. The van der Waals surface area contributed by atoms with Gasteiger partial charge in [-0.25, -0.2) is 0 Å². The Morgan fingerprint density at radius 2 is 0.868 bits per heavy atom. The van der Waals surface area contributed by atoms with Crippen molar-refractivity contribution in [2.75, 3.05) is 39.3 Å². The van der Waals surface area contributed by atoms with E-state index in [1.54, 1.807) is 36.4 Å². The van der Waals surface area contributed by atoms with E-state index >= 15 is 0 Å². The Balaban J connectivity index is 1.27. The number of aromatic hydroxyl groups is 2. The van der Waals surface area contributed by atoms with Crippen molar-refractivity contribution in [1.82, 2.24) is 21.3 Å². The zero-order valence-electron chi connectivity index (χ0n) is 22.6. The second kappa shape index (κ2) is 19.9. The minimum absolute atomic E-state index is 0.0627. The summed E-state index contributed by atoms with van der Waals surface area (Å²) in [6, 6.07) is 13.9. The van der Waals surface area contributed by atoms with Gasteiger partial charge in [0, 0.05) is 24.2 Å². The lowest BCUT2D eigenvalue weighted by Crippen LogP contribution is -2.28. The summed E-state index contributed by atoms with van der Waals surface area (Å²) in [7, 11) is 0. The van der Waals surface area contributed by atoms with Gasteiger partial charge in [-0.2, -0.15) is 0 Å². The number of para-hydroxylation sites is 2. The van der Waals surface area contributed by atoms with Crippen molar-refractivity contribution in [3.8, 4) is 11.5 Å². The summed E-state index contributed by atoms with van der Waals surface area (Å²) in [4.78, 5) is 23.9. The van der Waals surface area contributed by atoms with Crippen LogP contribution in [0.1, 0.15) is 62.5 Å². The molecule has 2 amide bonds. The third kappa shape index (κ3) is 14.6. The molecule has 2 aromatic rings. The highest BCUT2D eigenvalue weighted by Crippen LogP contribution is 2.16. The third-order valence-electron chi connectivity index (χ3n) is 6.35. The van der Waals surface area contributed by atoms with Crippen molar-refractivity contribution in [2.45, 2.75) is 64.2 Å². The number of amides is 2. The van der Waals surface area contributed by atoms with E-state index in [1.165, 1.54) is 38.5 Å². The molecule has 0 fully saturated rings. The molecule has 0 aliphatic heterocycles. The molecule has 38 heavy (non-hydrogen) atoms. The topological polar surface area (TPSA) is 123 Å². The third-order valence-corrected chi connectivity index (χ3v) is 6.35. The number of benzene rings is 2. The van der Waals surface area contributed by atoms with Crippen molar-refractivity contribution in [3.63, 3.8) is 0 Å². The number of phenolic OH excluding ortho intramolecular Hbond substituents is 2.